The van der Waals surface area contributed by atoms with Crippen molar-refractivity contribution in [3.8, 4) is 0 Å². The topological polar surface area (TPSA) is 31.4 Å². The number of nitrogens with zero attached hydrogens (tertiary/aromatic N) is 1. The van der Waals surface area contributed by atoms with Gasteiger partial charge in [-0.15, -0.1) is 0 Å². The fourth-order valence-electron chi connectivity index (χ4n) is 0.735. The lowest BCUT2D eigenvalue weighted by Gasteiger charge is -2.01. The van der Waals surface area contributed by atoms with E-state index in [2.05, 4.69) is 4.98 Å². The molecule has 0 bridgehead atoms. The maximum atomic E-state index is 5.60. The highest BCUT2D eigenvalue weighted by atomic mass is 35.5. The molecular formula is C8H10ClNO2. The number of hydrogen-bond acceptors (Lipinski definition) is 3. The van der Waals surface area contributed by atoms with Gasteiger partial charge in [-0.1, -0.05) is 17.7 Å². The van der Waals surface area contributed by atoms with Crippen molar-refractivity contribution in [2.45, 2.75) is 6.61 Å². The van der Waals surface area contributed by atoms with Crippen LogP contribution in [0.4, 0.5) is 0 Å². The minimum atomic E-state index is 0.294. The second-order valence-electron chi connectivity index (χ2n) is 2.24. The van der Waals surface area contributed by atoms with Crippen molar-refractivity contribution >= 4 is 11.6 Å². The standard InChI is InChI=1S/C8H10ClNO2/c1-11-6-12-5-7-2-3-8(9)10-4-7/h2-4H,5-6H2,1H3. The van der Waals surface area contributed by atoms with E-state index in [1.54, 1.807) is 19.4 Å². The maximum absolute atomic E-state index is 5.60. The second kappa shape index (κ2) is 5.09. The Balaban J connectivity index is 2.37. The zero-order valence-electron chi connectivity index (χ0n) is 6.79. The van der Waals surface area contributed by atoms with Crippen LogP contribution in [0.5, 0.6) is 0 Å². The van der Waals surface area contributed by atoms with Crippen LogP contribution in [0, 0.1) is 0 Å². The van der Waals surface area contributed by atoms with Gasteiger partial charge in [0.1, 0.15) is 11.9 Å². The summed E-state index contributed by atoms with van der Waals surface area (Å²) in [6.07, 6.45) is 1.68. The van der Waals surface area contributed by atoms with Crippen LogP contribution in [0.3, 0.4) is 0 Å². The highest BCUT2D eigenvalue weighted by molar-refractivity contribution is 6.29. The van der Waals surface area contributed by atoms with Crippen LogP contribution < -0.4 is 0 Å². The van der Waals surface area contributed by atoms with Crippen LogP contribution in [0.25, 0.3) is 0 Å². The number of halogens is 1. The molecule has 1 aromatic heterocycles. The van der Waals surface area contributed by atoms with Gasteiger partial charge >= 0.3 is 0 Å². The molecule has 0 saturated heterocycles. The van der Waals surface area contributed by atoms with E-state index in [0.29, 0.717) is 18.6 Å². The zero-order chi connectivity index (χ0) is 8.81. The van der Waals surface area contributed by atoms with Gasteiger partial charge in [0.05, 0.1) is 6.61 Å². The Bertz CT molecular complexity index is 225. The lowest BCUT2D eigenvalue weighted by Crippen LogP contribution is -1.96. The predicted molar refractivity (Wildman–Crippen MR) is 45.9 cm³/mol. The maximum Gasteiger partial charge on any atom is 0.146 e. The largest absolute Gasteiger partial charge is 0.359 e. The molecule has 0 aliphatic rings. The van der Waals surface area contributed by atoms with Crippen LogP contribution >= 0.6 is 11.6 Å². The number of hydrogen-bond donors (Lipinski definition) is 0. The van der Waals surface area contributed by atoms with E-state index < -0.39 is 0 Å². The predicted octanol–water partition coefficient (Wildman–Crippen LogP) is 1.86. The summed E-state index contributed by atoms with van der Waals surface area (Å²) in [6.45, 7) is 0.792. The van der Waals surface area contributed by atoms with Crippen LogP contribution in [0.2, 0.25) is 5.15 Å². The average molecular weight is 188 g/mol. The summed E-state index contributed by atoms with van der Waals surface area (Å²) < 4.78 is 9.82. The molecule has 0 aromatic carbocycles. The molecular weight excluding hydrogens is 178 g/mol. The first-order chi connectivity index (χ1) is 5.83. The molecule has 0 spiro atoms. The first-order valence-electron chi connectivity index (χ1n) is 3.50. The van der Waals surface area contributed by atoms with Crippen LogP contribution in [-0.4, -0.2) is 18.9 Å². The number of pyridine rings is 1. The number of aromatic nitrogens is 1. The SMILES string of the molecule is COCOCc1ccc(Cl)nc1. The molecule has 1 aromatic rings. The number of ether oxygens (including phenoxy) is 2. The summed E-state index contributed by atoms with van der Waals surface area (Å²) in [6, 6.07) is 3.60. The minimum Gasteiger partial charge on any atom is -0.359 e. The summed E-state index contributed by atoms with van der Waals surface area (Å²) in [5.41, 5.74) is 0.983. The van der Waals surface area contributed by atoms with Crippen molar-refractivity contribution in [3.05, 3.63) is 29.0 Å². The van der Waals surface area contributed by atoms with E-state index in [4.69, 9.17) is 21.1 Å². The second-order valence-corrected chi connectivity index (χ2v) is 2.63. The molecule has 4 heteroatoms. The van der Waals surface area contributed by atoms with Gasteiger partial charge < -0.3 is 9.47 Å². The third-order valence-electron chi connectivity index (χ3n) is 1.26. The fourth-order valence-corrected chi connectivity index (χ4v) is 0.846. The van der Waals surface area contributed by atoms with Gasteiger partial charge in [0, 0.05) is 13.3 Å². The van der Waals surface area contributed by atoms with Gasteiger partial charge in [-0.25, -0.2) is 4.98 Å². The third-order valence-corrected chi connectivity index (χ3v) is 1.48. The fraction of sp³-hybridized carbons (Fsp3) is 0.375. The van der Waals surface area contributed by atoms with Gasteiger partial charge in [-0.2, -0.15) is 0 Å². The van der Waals surface area contributed by atoms with E-state index in [-0.39, 0.29) is 0 Å². The first kappa shape index (κ1) is 9.45. The van der Waals surface area contributed by atoms with Gasteiger partial charge in [0.2, 0.25) is 0 Å². The Morgan fingerprint density at radius 2 is 2.33 bits per heavy atom. The Hall–Kier alpha value is -0.640. The molecule has 12 heavy (non-hydrogen) atoms. The summed E-state index contributed by atoms with van der Waals surface area (Å²) in [4.78, 5) is 3.90. The summed E-state index contributed by atoms with van der Waals surface area (Å²) >= 11 is 5.60. The Morgan fingerprint density at radius 3 is 2.92 bits per heavy atom. The quantitative estimate of drug-likeness (QED) is 0.410. The van der Waals surface area contributed by atoms with Crippen molar-refractivity contribution in [2.24, 2.45) is 0 Å². The molecule has 0 atom stereocenters. The van der Waals surface area contributed by atoms with Crippen molar-refractivity contribution in [3.63, 3.8) is 0 Å². The summed E-state index contributed by atoms with van der Waals surface area (Å²) in [5, 5.41) is 0.491. The highest BCUT2D eigenvalue weighted by Gasteiger charge is 1.93. The lowest BCUT2D eigenvalue weighted by atomic mass is 10.3. The van der Waals surface area contributed by atoms with Crippen molar-refractivity contribution in [1.29, 1.82) is 0 Å². The molecule has 0 aliphatic carbocycles. The molecule has 66 valence electrons. The monoisotopic (exact) mass is 187 g/mol. The van der Waals surface area contributed by atoms with E-state index in [0.717, 1.165) is 5.56 Å². The Labute approximate surface area is 76.3 Å². The summed E-state index contributed by atoms with van der Waals surface area (Å²) in [7, 11) is 1.58. The van der Waals surface area contributed by atoms with E-state index >= 15 is 0 Å². The number of methoxy groups -OCH3 is 1. The minimum absolute atomic E-state index is 0.294. The van der Waals surface area contributed by atoms with E-state index in [9.17, 15) is 0 Å². The molecule has 0 N–H and O–H groups in total. The highest BCUT2D eigenvalue weighted by Crippen LogP contribution is 2.05. The molecule has 0 unspecified atom stereocenters. The van der Waals surface area contributed by atoms with Gasteiger partial charge in [0.15, 0.2) is 0 Å². The third kappa shape index (κ3) is 3.17. The average Bonchev–Trinajstić information content (AvgIpc) is 2.09. The first-order valence-corrected chi connectivity index (χ1v) is 3.88. The molecule has 0 fully saturated rings. The molecule has 0 aliphatic heterocycles. The van der Waals surface area contributed by atoms with Crippen molar-refractivity contribution < 1.29 is 9.47 Å². The smallest absolute Gasteiger partial charge is 0.146 e. The summed E-state index contributed by atoms with van der Waals surface area (Å²) in [5.74, 6) is 0. The lowest BCUT2D eigenvalue weighted by molar-refractivity contribution is -0.0391. The molecule has 0 amide bonds. The van der Waals surface area contributed by atoms with Crippen LogP contribution in [0.15, 0.2) is 18.3 Å². The molecule has 1 rings (SSSR count). The molecule has 1 heterocycles. The molecule has 0 radical (unpaired) electrons. The number of rotatable bonds is 4. The van der Waals surface area contributed by atoms with Crippen molar-refractivity contribution in [2.75, 3.05) is 13.9 Å². The van der Waals surface area contributed by atoms with E-state index in [1.165, 1.54) is 0 Å². The zero-order valence-corrected chi connectivity index (χ0v) is 7.54. The van der Waals surface area contributed by atoms with Crippen molar-refractivity contribution in [1.82, 2.24) is 4.98 Å². The molecule has 3 nitrogen and oxygen atoms in total. The van der Waals surface area contributed by atoms with Gasteiger partial charge in [-0.3, -0.25) is 0 Å². The van der Waals surface area contributed by atoms with E-state index in [1.807, 2.05) is 6.07 Å². The van der Waals surface area contributed by atoms with Gasteiger partial charge in [-0.05, 0) is 11.6 Å². The normalized spacial score (nSPS) is 10.2. The van der Waals surface area contributed by atoms with Crippen LogP contribution in [0.1, 0.15) is 5.56 Å². The van der Waals surface area contributed by atoms with Gasteiger partial charge in [0.25, 0.3) is 0 Å². The Morgan fingerprint density at radius 1 is 1.50 bits per heavy atom. The van der Waals surface area contributed by atoms with Crippen LogP contribution in [-0.2, 0) is 16.1 Å². The molecule has 0 saturated carbocycles. The Kier molecular flexibility index (Phi) is 4.00.